The van der Waals surface area contributed by atoms with E-state index in [-0.39, 0.29) is 0 Å². The summed E-state index contributed by atoms with van der Waals surface area (Å²) in [4.78, 5) is 4.20. The number of aliphatic imine (C=N–C) groups is 1. The van der Waals surface area contributed by atoms with Crippen molar-refractivity contribution >= 4 is 5.96 Å². The zero-order valence-corrected chi connectivity index (χ0v) is 9.12. The normalized spacial score (nSPS) is 28.0. The SMILES string of the molecule is CCCN=C(N)NC1CCCC1OC. The lowest BCUT2D eigenvalue weighted by molar-refractivity contribution is 0.0906. The van der Waals surface area contributed by atoms with Crippen LogP contribution in [0.3, 0.4) is 0 Å². The smallest absolute Gasteiger partial charge is 0.188 e. The van der Waals surface area contributed by atoms with Crippen LogP contribution < -0.4 is 11.1 Å². The molecule has 1 aliphatic carbocycles. The first kappa shape index (κ1) is 11.3. The molecule has 0 saturated heterocycles. The van der Waals surface area contributed by atoms with E-state index < -0.39 is 0 Å². The molecule has 1 aliphatic rings. The topological polar surface area (TPSA) is 59.6 Å². The van der Waals surface area contributed by atoms with E-state index in [9.17, 15) is 0 Å². The molecule has 14 heavy (non-hydrogen) atoms. The number of hydrogen-bond donors (Lipinski definition) is 2. The Bertz CT molecular complexity index is 194. The molecule has 4 nitrogen and oxygen atoms in total. The first-order chi connectivity index (χ1) is 6.77. The van der Waals surface area contributed by atoms with E-state index in [1.165, 1.54) is 6.42 Å². The summed E-state index contributed by atoms with van der Waals surface area (Å²) in [5.74, 6) is 0.556. The third-order valence-electron chi connectivity index (χ3n) is 2.59. The van der Waals surface area contributed by atoms with Crippen molar-refractivity contribution in [2.75, 3.05) is 13.7 Å². The second-order valence-electron chi connectivity index (χ2n) is 3.72. The number of methoxy groups -OCH3 is 1. The first-order valence-corrected chi connectivity index (χ1v) is 5.37. The van der Waals surface area contributed by atoms with Gasteiger partial charge in [-0.15, -0.1) is 0 Å². The fourth-order valence-corrected chi connectivity index (χ4v) is 1.84. The molecule has 0 aromatic rings. The van der Waals surface area contributed by atoms with E-state index in [2.05, 4.69) is 17.2 Å². The van der Waals surface area contributed by atoms with E-state index in [4.69, 9.17) is 10.5 Å². The van der Waals surface area contributed by atoms with Gasteiger partial charge in [0.25, 0.3) is 0 Å². The molecule has 2 unspecified atom stereocenters. The van der Waals surface area contributed by atoms with Crippen LogP contribution in [-0.2, 0) is 4.74 Å². The maximum Gasteiger partial charge on any atom is 0.188 e. The van der Waals surface area contributed by atoms with Crippen molar-refractivity contribution in [3.63, 3.8) is 0 Å². The lowest BCUT2D eigenvalue weighted by Gasteiger charge is -2.19. The highest BCUT2D eigenvalue weighted by atomic mass is 16.5. The molecule has 0 aromatic heterocycles. The highest BCUT2D eigenvalue weighted by Crippen LogP contribution is 2.21. The standard InChI is InChI=1S/C10H21N3O/c1-3-7-12-10(11)13-8-5-4-6-9(8)14-2/h8-9H,3-7H2,1-2H3,(H3,11,12,13). The Hall–Kier alpha value is -0.770. The Morgan fingerprint density at radius 2 is 2.36 bits per heavy atom. The van der Waals surface area contributed by atoms with Gasteiger partial charge in [-0.25, -0.2) is 0 Å². The van der Waals surface area contributed by atoms with Crippen molar-refractivity contribution in [1.82, 2.24) is 5.32 Å². The van der Waals surface area contributed by atoms with Crippen LogP contribution in [0.25, 0.3) is 0 Å². The van der Waals surface area contributed by atoms with Gasteiger partial charge in [-0.2, -0.15) is 0 Å². The van der Waals surface area contributed by atoms with Gasteiger partial charge in [-0.1, -0.05) is 6.92 Å². The lowest BCUT2D eigenvalue weighted by Crippen LogP contribution is -2.44. The fraction of sp³-hybridized carbons (Fsp3) is 0.900. The summed E-state index contributed by atoms with van der Waals surface area (Å²) < 4.78 is 5.36. The number of guanidine groups is 1. The largest absolute Gasteiger partial charge is 0.379 e. The summed E-state index contributed by atoms with van der Waals surface area (Å²) in [6, 6.07) is 0.348. The van der Waals surface area contributed by atoms with Crippen LogP contribution in [0.1, 0.15) is 32.6 Å². The molecule has 0 aromatic carbocycles. The van der Waals surface area contributed by atoms with Crippen molar-refractivity contribution in [1.29, 1.82) is 0 Å². The van der Waals surface area contributed by atoms with Crippen molar-refractivity contribution in [3.05, 3.63) is 0 Å². The van der Waals surface area contributed by atoms with Crippen LogP contribution >= 0.6 is 0 Å². The Kier molecular flexibility index (Phi) is 4.73. The molecule has 0 aliphatic heterocycles. The van der Waals surface area contributed by atoms with E-state index in [1.54, 1.807) is 7.11 Å². The maximum absolute atomic E-state index is 5.74. The molecular formula is C10H21N3O. The van der Waals surface area contributed by atoms with Gasteiger partial charge in [0, 0.05) is 13.7 Å². The molecule has 4 heteroatoms. The number of nitrogens with one attached hydrogen (secondary N) is 1. The van der Waals surface area contributed by atoms with Gasteiger partial charge in [0.1, 0.15) is 0 Å². The van der Waals surface area contributed by atoms with Gasteiger partial charge >= 0.3 is 0 Å². The molecular weight excluding hydrogens is 178 g/mol. The zero-order valence-electron chi connectivity index (χ0n) is 9.12. The molecule has 1 rings (SSSR count). The Labute approximate surface area is 85.9 Å². The first-order valence-electron chi connectivity index (χ1n) is 5.37. The van der Waals surface area contributed by atoms with Crippen molar-refractivity contribution in [3.8, 4) is 0 Å². The predicted octanol–water partition coefficient (Wildman–Crippen LogP) is 0.868. The number of nitrogens with two attached hydrogens (primary N) is 1. The molecule has 0 radical (unpaired) electrons. The van der Waals surface area contributed by atoms with E-state index in [0.29, 0.717) is 18.1 Å². The summed E-state index contributed by atoms with van der Waals surface area (Å²) in [6.07, 6.45) is 4.78. The van der Waals surface area contributed by atoms with Gasteiger partial charge < -0.3 is 15.8 Å². The second-order valence-corrected chi connectivity index (χ2v) is 3.72. The van der Waals surface area contributed by atoms with Gasteiger partial charge in [0.2, 0.25) is 0 Å². The molecule has 3 N–H and O–H groups in total. The molecule has 82 valence electrons. The van der Waals surface area contributed by atoms with Crippen molar-refractivity contribution in [2.24, 2.45) is 10.7 Å². The lowest BCUT2D eigenvalue weighted by atomic mass is 10.2. The highest BCUT2D eigenvalue weighted by molar-refractivity contribution is 5.78. The maximum atomic E-state index is 5.74. The van der Waals surface area contributed by atoms with Gasteiger partial charge in [-0.05, 0) is 25.7 Å². The minimum Gasteiger partial charge on any atom is -0.379 e. The summed E-state index contributed by atoms with van der Waals surface area (Å²) in [5.41, 5.74) is 5.74. The van der Waals surface area contributed by atoms with E-state index >= 15 is 0 Å². The number of hydrogen-bond acceptors (Lipinski definition) is 2. The average Bonchev–Trinajstić information content (AvgIpc) is 2.62. The van der Waals surface area contributed by atoms with E-state index in [1.807, 2.05) is 0 Å². The van der Waals surface area contributed by atoms with Crippen LogP contribution in [0.2, 0.25) is 0 Å². The minimum absolute atomic E-state index is 0.297. The molecule has 0 heterocycles. The summed E-state index contributed by atoms with van der Waals surface area (Å²) in [5, 5.41) is 3.22. The molecule has 1 fully saturated rings. The fourth-order valence-electron chi connectivity index (χ4n) is 1.84. The van der Waals surface area contributed by atoms with Gasteiger partial charge in [0.05, 0.1) is 12.1 Å². The average molecular weight is 199 g/mol. The van der Waals surface area contributed by atoms with Crippen LogP contribution in [-0.4, -0.2) is 31.8 Å². The third-order valence-corrected chi connectivity index (χ3v) is 2.59. The van der Waals surface area contributed by atoms with Crippen LogP contribution in [0.4, 0.5) is 0 Å². The summed E-state index contributed by atoms with van der Waals surface area (Å²) in [7, 11) is 1.75. The zero-order chi connectivity index (χ0) is 10.4. The van der Waals surface area contributed by atoms with Crippen LogP contribution in [0, 0.1) is 0 Å². The van der Waals surface area contributed by atoms with Crippen molar-refractivity contribution in [2.45, 2.75) is 44.8 Å². The number of rotatable bonds is 4. The number of nitrogens with zero attached hydrogens (tertiary/aromatic N) is 1. The quantitative estimate of drug-likeness (QED) is 0.521. The Morgan fingerprint density at radius 3 is 3.00 bits per heavy atom. The summed E-state index contributed by atoms with van der Waals surface area (Å²) >= 11 is 0. The predicted molar refractivity (Wildman–Crippen MR) is 58.4 cm³/mol. The third kappa shape index (κ3) is 3.18. The monoisotopic (exact) mass is 199 g/mol. The van der Waals surface area contributed by atoms with Gasteiger partial charge in [0.15, 0.2) is 5.96 Å². The second kappa shape index (κ2) is 5.86. The number of ether oxygens (including phenoxy) is 1. The van der Waals surface area contributed by atoms with Gasteiger partial charge in [-0.3, -0.25) is 4.99 Å². The molecule has 1 saturated carbocycles. The molecule has 0 spiro atoms. The molecule has 0 bridgehead atoms. The molecule has 0 amide bonds. The Balaban J connectivity index is 2.35. The van der Waals surface area contributed by atoms with E-state index in [0.717, 1.165) is 25.8 Å². The van der Waals surface area contributed by atoms with Crippen LogP contribution in [0.15, 0.2) is 4.99 Å². The van der Waals surface area contributed by atoms with Crippen LogP contribution in [0.5, 0.6) is 0 Å². The van der Waals surface area contributed by atoms with Crippen molar-refractivity contribution < 1.29 is 4.74 Å². The highest BCUT2D eigenvalue weighted by Gasteiger charge is 2.27. The minimum atomic E-state index is 0.297. The molecule has 2 atom stereocenters. The summed E-state index contributed by atoms with van der Waals surface area (Å²) in [6.45, 7) is 2.88. The Morgan fingerprint density at radius 1 is 1.57 bits per heavy atom.